The monoisotopic (exact) mass is 247 g/mol. The Morgan fingerprint density at radius 2 is 2.00 bits per heavy atom. The number of hydrogen-bond donors (Lipinski definition) is 1. The van der Waals surface area contributed by atoms with E-state index < -0.39 is 11.9 Å². The number of carbonyl (C=O) groups excluding carboxylic acids is 2. The maximum atomic E-state index is 11.4. The summed E-state index contributed by atoms with van der Waals surface area (Å²) in [5.41, 5.74) is 6.79. The highest BCUT2D eigenvalue weighted by Crippen LogP contribution is 2.14. The summed E-state index contributed by atoms with van der Waals surface area (Å²) in [6, 6.07) is 4.74. The van der Waals surface area contributed by atoms with Gasteiger partial charge in [0.1, 0.15) is 6.42 Å². The average molecular weight is 247 g/mol. The second-order valence-corrected chi connectivity index (χ2v) is 3.35. The summed E-state index contributed by atoms with van der Waals surface area (Å²) in [6.45, 7) is 0. The van der Waals surface area contributed by atoms with E-state index in [4.69, 9.17) is 5.73 Å². The lowest BCUT2D eigenvalue weighted by Crippen LogP contribution is -2.05. The molecule has 0 fully saturated rings. The van der Waals surface area contributed by atoms with Crippen LogP contribution in [0.15, 0.2) is 18.2 Å². The van der Waals surface area contributed by atoms with Gasteiger partial charge in [-0.3, -0.25) is 4.79 Å². The van der Waals surface area contributed by atoms with Gasteiger partial charge in [0.2, 0.25) is 0 Å². The molecule has 0 saturated heterocycles. The fourth-order valence-electron chi connectivity index (χ4n) is 1.21. The fraction of sp³-hybridized carbons (Fsp3) is 0.231. The van der Waals surface area contributed by atoms with Crippen LogP contribution in [0.5, 0.6) is 0 Å². The van der Waals surface area contributed by atoms with Gasteiger partial charge in [-0.2, -0.15) is 0 Å². The standard InChI is InChI=1S/C13H13NO4/c1-17-12(15)5-3-4-9-6-7-11(14)10(8-9)13(16)18-2/h6-8H,5,14H2,1-2H3. The Kier molecular flexibility index (Phi) is 4.76. The Hall–Kier alpha value is -2.48. The summed E-state index contributed by atoms with van der Waals surface area (Å²) in [4.78, 5) is 22.2. The van der Waals surface area contributed by atoms with Crippen LogP contribution < -0.4 is 5.73 Å². The molecule has 0 unspecified atom stereocenters. The number of rotatable bonds is 2. The third-order valence-electron chi connectivity index (χ3n) is 2.15. The average Bonchev–Trinajstić information content (AvgIpc) is 2.39. The minimum Gasteiger partial charge on any atom is -0.468 e. The Labute approximate surface area is 105 Å². The van der Waals surface area contributed by atoms with E-state index >= 15 is 0 Å². The predicted octanol–water partition coefficient (Wildman–Crippen LogP) is 0.970. The smallest absolute Gasteiger partial charge is 0.339 e. The van der Waals surface area contributed by atoms with Crippen molar-refractivity contribution in [1.82, 2.24) is 0 Å². The van der Waals surface area contributed by atoms with E-state index in [1.165, 1.54) is 20.3 Å². The number of ether oxygens (including phenoxy) is 2. The van der Waals surface area contributed by atoms with Crippen LogP contribution in [0.25, 0.3) is 0 Å². The molecule has 1 aromatic carbocycles. The zero-order chi connectivity index (χ0) is 13.5. The highest BCUT2D eigenvalue weighted by molar-refractivity contribution is 5.95. The van der Waals surface area contributed by atoms with Crippen LogP contribution in [0.4, 0.5) is 5.69 Å². The van der Waals surface area contributed by atoms with Crippen LogP contribution >= 0.6 is 0 Å². The molecule has 0 aromatic heterocycles. The first-order valence-electron chi connectivity index (χ1n) is 5.12. The van der Waals surface area contributed by atoms with Crippen molar-refractivity contribution in [2.75, 3.05) is 20.0 Å². The van der Waals surface area contributed by atoms with Gasteiger partial charge in [0.05, 0.1) is 19.8 Å². The molecule has 0 atom stereocenters. The van der Waals surface area contributed by atoms with E-state index in [-0.39, 0.29) is 12.0 Å². The van der Waals surface area contributed by atoms with Gasteiger partial charge in [-0.1, -0.05) is 11.8 Å². The molecule has 5 nitrogen and oxygen atoms in total. The minimum absolute atomic E-state index is 0.00552. The molecule has 18 heavy (non-hydrogen) atoms. The second-order valence-electron chi connectivity index (χ2n) is 3.35. The van der Waals surface area contributed by atoms with E-state index in [9.17, 15) is 9.59 Å². The van der Waals surface area contributed by atoms with E-state index in [1.807, 2.05) is 0 Å². The molecular formula is C13H13NO4. The van der Waals surface area contributed by atoms with Crippen LogP contribution in [0.1, 0.15) is 22.3 Å². The number of anilines is 1. The molecular weight excluding hydrogens is 234 g/mol. The van der Waals surface area contributed by atoms with Crippen molar-refractivity contribution in [3.05, 3.63) is 29.3 Å². The van der Waals surface area contributed by atoms with Crippen LogP contribution in [0.2, 0.25) is 0 Å². The molecule has 2 N–H and O–H groups in total. The SMILES string of the molecule is COC(=O)CC#Cc1ccc(N)c(C(=O)OC)c1. The van der Waals surface area contributed by atoms with E-state index in [2.05, 4.69) is 21.3 Å². The van der Waals surface area contributed by atoms with Crippen LogP contribution in [-0.2, 0) is 14.3 Å². The van der Waals surface area contributed by atoms with Crippen LogP contribution in [0, 0.1) is 11.8 Å². The largest absolute Gasteiger partial charge is 0.468 e. The first-order chi connectivity index (χ1) is 8.58. The van der Waals surface area contributed by atoms with Gasteiger partial charge in [-0.05, 0) is 18.2 Å². The lowest BCUT2D eigenvalue weighted by atomic mass is 10.1. The summed E-state index contributed by atoms with van der Waals surface area (Å²) >= 11 is 0. The number of nitrogen functional groups attached to an aromatic ring is 1. The van der Waals surface area contributed by atoms with Crippen molar-refractivity contribution in [3.63, 3.8) is 0 Å². The second kappa shape index (κ2) is 6.30. The van der Waals surface area contributed by atoms with E-state index in [0.29, 0.717) is 11.3 Å². The number of nitrogens with two attached hydrogens (primary N) is 1. The molecule has 1 rings (SSSR count). The first kappa shape index (κ1) is 13.6. The fourth-order valence-corrected chi connectivity index (χ4v) is 1.21. The molecule has 0 aliphatic rings. The van der Waals surface area contributed by atoms with Gasteiger partial charge >= 0.3 is 11.9 Å². The van der Waals surface area contributed by atoms with Crippen molar-refractivity contribution in [2.45, 2.75) is 6.42 Å². The molecule has 0 heterocycles. The van der Waals surface area contributed by atoms with Crippen molar-refractivity contribution in [2.24, 2.45) is 0 Å². The number of benzene rings is 1. The van der Waals surface area contributed by atoms with Gasteiger partial charge in [0.25, 0.3) is 0 Å². The third-order valence-corrected chi connectivity index (χ3v) is 2.15. The third kappa shape index (κ3) is 3.52. The van der Waals surface area contributed by atoms with Gasteiger partial charge in [0.15, 0.2) is 0 Å². The predicted molar refractivity (Wildman–Crippen MR) is 65.7 cm³/mol. The Morgan fingerprint density at radius 1 is 1.28 bits per heavy atom. The van der Waals surface area contributed by atoms with Crippen molar-refractivity contribution in [3.8, 4) is 11.8 Å². The van der Waals surface area contributed by atoms with E-state index in [1.54, 1.807) is 12.1 Å². The van der Waals surface area contributed by atoms with Crippen molar-refractivity contribution in [1.29, 1.82) is 0 Å². The van der Waals surface area contributed by atoms with Gasteiger partial charge in [-0.25, -0.2) is 4.79 Å². The van der Waals surface area contributed by atoms with Gasteiger partial charge < -0.3 is 15.2 Å². The van der Waals surface area contributed by atoms with Gasteiger partial charge in [0, 0.05) is 11.3 Å². The van der Waals surface area contributed by atoms with Crippen molar-refractivity contribution < 1.29 is 19.1 Å². The molecule has 0 spiro atoms. The van der Waals surface area contributed by atoms with Crippen LogP contribution in [-0.4, -0.2) is 26.2 Å². The highest BCUT2D eigenvalue weighted by Gasteiger charge is 2.09. The molecule has 1 aromatic rings. The first-order valence-corrected chi connectivity index (χ1v) is 5.12. The number of methoxy groups -OCH3 is 2. The molecule has 0 aliphatic heterocycles. The zero-order valence-corrected chi connectivity index (χ0v) is 10.1. The Bertz CT molecular complexity index is 526. The maximum Gasteiger partial charge on any atom is 0.339 e. The summed E-state index contributed by atoms with van der Waals surface area (Å²) < 4.78 is 9.04. The lowest BCUT2D eigenvalue weighted by Gasteiger charge is -2.03. The minimum atomic E-state index is -0.524. The number of carbonyl (C=O) groups is 2. The Balaban J connectivity index is 2.92. The van der Waals surface area contributed by atoms with Crippen molar-refractivity contribution >= 4 is 17.6 Å². The summed E-state index contributed by atoms with van der Waals surface area (Å²) in [5, 5.41) is 0. The summed E-state index contributed by atoms with van der Waals surface area (Å²) in [6.07, 6.45) is -0.00552. The number of hydrogen-bond acceptors (Lipinski definition) is 5. The number of esters is 2. The molecule has 0 saturated carbocycles. The zero-order valence-electron chi connectivity index (χ0n) is 10.1. The lowest BCUT2D eigenvalue weighted by molar-refractivity contribution is -0.139. The molecule has 5 heteroatoms. The van der Waals surface area contributed by atoms with E-state index in [0.717, 1.165) is 0 Å². The highest BCUT2D eigenvalue weighted by atomic mass is 16.5. The molecule has 0 amide bonds. The quantitative estimate of drug-likeness (QED) is 0.478. The molecule has 94 valence electrons. The normalized spacial score (nSPS) is 9.00. The topological polar surface area (TPSA) is 78.6 Å². The molecule has 0 radical (unpaired) electrons. The maximum absolute atomic E-state index is 11.4. The molecule has 0 aliphatic carbocycles. The summed E-state index contributed by atoms with van der Waals surface area (Å²) in [7, 11) is 2.57. The van der Waals surface area contributed by atoms with Crippen LogP contribution in [0.3, 0.4) is 0 Å². The Morgan fingerprint density at radius 3 is 2.61 bits per heavy atom. The molecule has 0 bridgehead atoms. The van der Waals surface area contributed by atoms with Gasteiger partial charge in [-0.15, -0.1) is 0 Å². The summed E-state index contributed by atoms with van der Waals surface area (Å²) in [5.74, 6) is 4.45.